The average molecular weight is 312 g/mol. The fourth-order valence-electron chi connectivity index (χ4n) is 3.41. The van der Waals surface area contributed by atoms with Crippen LogP contribution in [-0.4, -0.2) is 39.5 Å². The number of carbonyl (C=O) groups excluding carboxylic acids is 1. The van der Waals surface area contributed by atoms with Crippen LogP contribution in [0, 0.1) is 13.8 Å². The van der Waals surface area contributed by atoms with Gasteiger partial charge in [0.25, 0.3) is 0 Å². The Bertz CT molecular complexity index is 785. The van der Waals surface area contributed by atoms with E-state index in [0.717, 1.165) is 34.1 Å². The molecule has 3 rings (SSSR count). The molecule has 1 aliphatic rings. The molecule has 0 unspecified atom stereocenters. The van der Waals surface area contributed by atoms with E-state index in [2.05, 4.69) is 4.98 Å². The Morgan fingerprint density at radius 1 is 1.30 bits per heavy atom. The third-order valence-electron chi connectivity index (χ3n) is 4.67. The van der Waals surface area contributed by atoms with Crippen LogP contribution < -0.4 is 0 Å². The van der Waals surface area contributed by atoms with Gasteiger partial charge in [-0.25, -0.2) is 4.79 Å². The van der Waals surface area contributed by atoms with E-state index in [9.17, 15) is 14.7 Å². The number of aliphatic carboxylic acids is 1. The van der Waals surface area contributed by atoms with Crippen molar-refractivity contribution in [2.24, 2.45) is 0 Å². The molecule has 0 saturated carbocycles. The monoisotopic (exact) mass is 312 g/mol. The molecule has 1 aliphatic heterocycles. The number of aromatic nitrogens is 1. The van der Waals surface area contributed by atoms with Gasteiger partial charge in [-0.3, -0.25) is 9.78 Å². The molecule has 5 nitrogen and oxygen atoms in total. The number of aryl methyl sites for hydroxylation is 2. The summed E-state index contributed by atoms with van der Waals surface area (Å²) in [5.41, 5.74) is 3.71. The highest BCUT2D eigenvalue weighted by molar-refractivity contribution is 5.88. The zero-order chi connectivity index (χ0) is 16.6. The van der Waals surface area contributed by atoms with E-state index >= 15 is 0 Å². The van der Waals surface area contributed by atoms with Crippen molar-refractivity contribution in [3.8, 4) is 0 Å². The first-order valence-electron chi connectivity index (χ1n) is 7.86. The van der Waals surface area contributed by atoms with E-state index < -0.39 is 12.0 Å². The molecule has 120 valence electrons. The van der Waals surface area contributed by atoms with Crippen molar-refractivity contribution in [1.29, 1.82) is 0 Å². The Hall–Kier alpha value is -2.43. The van der Waals surface area contributed by atoms with Gasteiger partial charge in [0.15, 0.2) is 0 Å². The van der Waals surface area contributed by atoms with Crippen molar-refractivity contribution in [2.45, 2.75) is 39.2 Å². The summed E-state index contributed by atoms with van der Waals surface area (Å²) in [5, 5.41) is 10.3. The number of nitrogens with zero attached hydrogens (tertiary/aromatic N) is 2. The summed E-state index contributed by atoms with van der Waals surface area (Å²) < 4.78 is 0. The molecule has 0 radical (unpaired) electrons. The van der Waals surface area contributed by atoms with E-state index in [4.69, 9.17) is 0 Å². The second-order valence-corrected chi connectivity index (χ2v) is 6.08. The lowest BCUT2D eigenvalue weighted by Gasteiger charge is -2.22. The van der Waals surface area contributed by atoms with Crippen molar-refractivity contribution < 1.29 is 14.7 Å². The van der Waals surface area contributed by atoms with Gasteiger partial charge in [-0.05, 0) is 43.9 Å². The standard InChI is InChI=1S/C18H20N2O3/c1-11-13-6-3-4-7-15(13)19-12(2)14(11)10-17(21)20-9-5-8-16(20)18(22)23/h3-4,6-7,16H,5,8-10H2,1-2H3,(H,22,23)/t16-/m1/s1. The van der Waals surface area contributed by atoms with Crippen LogP contribution in [0.15, 0.2) is 24.3 Å². The average Bonchev–Trinajstić information content (AvgIpc) is 3.01. The third-order valence-corrected chi connectivity index (χ3v) is 4.67. The predicted octanol–water partition coefficient (Wildman–Crippen LogP) is 2.47. The molecular formula is C18H20N2O3. The molecule has 1 aromatic carbocycles. The van der Waals surface area contributed by atoms with E-state index in [-0.39, 0.29) is 12.3 Å². The fraction of sp³-hybridized carbons (Fsp3) is 0.389. The largest absolute Gasteiger partial charge is 0.480 e. The summed E-state index contributed by atoms with van der Waals surface area (Å²) >= 11 is 0. The number of hydrogen-bond acceptors (Lipinski definition) is 3. The first-order chi connectivity index (χ1) is 11.0. The van der Waals surface area contributed by atoms with Crippen LogP contribution in [0.3, 0.4) is 0 Å². The normalized spacial score (nSPS) is 17.7. The Morgan fingerprint density at radius 2 is 2.04 bits per heavy atom. The minimum Gasteiger partial charge on any atom is -0.480 e. The summed E-state index contributed by atoms with van der Waals surface area (Å²) in [6.07, 6.45) is 1.49. The number of carboxylic acids is 1. The molecule has 1 amide bonds. The van der Waals surface area contributed by atoms with Crippen LogP contribution >= 0.6 is 0 Å². The van der Waals surface area contributed by atoms with Gasteiger partial charge in [0.05, 0.1) is 11.9 Å². The molecular weight excluding hydrogens is 292 g/mol. The number of carbonyl (C=O) groups is 2. The zero-order valence-corrected chi connectivity index (χ0v) is 13.4. The third kappa shape index (κ3) is 2.79. The maximum atomic E-state index is 12.6. The van der Waals surface area contributed by atoms with Crippen LogP contribution in [-0.2, 0) is 16.0 Å². The molecule has 1 saturated heterocycles. The van der Waals surface area contributed by atoms with Gasteiger partial charge in [-0.1, -0.05) is 18.2 Å². The van der Waals surface area contributed by atoms with Crippen molar-refractivity contribution in [3.05, 3.63) is 41.1 Å². The van der Waals surface area contributed by atoms with Crippen molar-refractivity contribution in [2.75, 3.05) is 6.54 Å². The molecule has 1 fully saturated rings. The minimum absolute atomic E-state index is 0.127. The van der Waals surface area contributed by atoms with Crippen LogP contribution in [0.5, 0.6) is 0 Å². The van der Waals surface area contributed by atoms with Gasteiger partial charge in [0.1, 0.15) is 6.04 Å². The molecule has 1 atom stereocenters. The van der Waals surface area contributed by atoms with E-state index in [1.807, 2.05) is 38.1 Å². The first kappa shape index (κ1) is 15.5. The van der Waals surface area contributed by atoms with E-state index in [1.54, 1.807) is 0 Å². The van der Waals surface area contributed by atoms with Crippen molar-refractivity contribution in [3.63, 3.8) is 0 Å². The maximum Gasteiger partial charge on any atom is 0.326 e. The second kappa shape index (κ2) is 5.99. The molecule has 0 spiro atoms. The highest BCUT2D eigenvalue weighted by Crippen LogP contribution is 2.25. The lowest BCUT2D eigenvalue weighted by Crippen LogP contribution is -2.41. The quantitative estimate of drug-likeness (QED) is 0.945. The summed E-state index contributed by atoms with van der Waals surface area (Å²) in [5.74, 6) is -1.04. The van der Waals surface area contributed by atoms with Crippen LogP contribution in [0.1, 0.15) is 29.7 Å². The predicted molar refractivity (Wildman–Crippen MR) is 87.3 cm³/mol. The van der Waals surface area contributed by atoms with Gasteiger partial charge in [-0.15, -0.1) is 0 Å². The van der Waals surface area contributed by atoms with Gasteiger partial charge in [0.2, 0.25) is 5.91 Å². The Balaban J connectivity index is 1.92. The molecule has 1 N–H and O–H groups in total. The van der Waals surface area contributed by atoms with Crippen molar-refractivity contribution >= 4 is 22.8 Å². The highest BCUT2D eigenvalue weighted by Gasteiger charge is 2.34. The number of para-hydroxylation sites is 1. The summed E-state index contributed by atoms with van der Waals surface area (Å²) in [6.45, 7) is 4.42. The SMILES string of the molecule is Cc1nc2ccccc2c(C)c1CC(=O)N1CCC[C@@H]1C(=O)O. The topological polar surface area (TPSA) is 70.5 Å². The molecule has 2 aromatic rings. The first-order valence-corrected chi connectivity index (χ1v) is 7.86. The maximum absolute atomic E-state index is 12.6. The fourth-order valence-corrected chi connectivity index (χ4v) is 3.41. The number of amides is 1. The van der Waals surface area contributed by atoms with Crippen LogP contribution in [0.4, 0.5) is 0 Å². The number of benzene rings is 1. The lowest BCUT2D eigenvalue weighted by atomic mass is 9.99. The number of hydrogen-bond donors (Lipinski definition) is 1. The van der Waals surface area contributed by atoms with Crippen LogP contribution in [0.25, 0.3) is 10.9 Å². The molecule has 0 aliphatic carbocycles. The highest BCUT2D eigenvalue weighted by atomic mass is 16.4. The minimum atomic E-state index is -0.916. The molecule has 23 heavy (non-hydrogen) atoms. The summed E-state index contributed by atoms with van der Waals surface area (Å²) in [4.78, 5) is 30.0. The van der Waals surface area contributed by atoms with Crippen LogP contribution in [0.2, 0.25) is 0 Å². The van der Waals surface area contributed by atoms with E-state index in [1.165, 1.54) is 4.90 Å². The lowest BCUT2D eigenvalue weighted by molar-refractivity contribution is -0.148. The number of fused-ring (bicyclic) bond motifs is 1. The van der Waals surface area contributed by atoms with Gasteiger partial charge in [-0.2, -0.15) is 0 Å². The Labute approximate surface area is 134 Å². The van der Waals surface area contributed by atoms with Gasteiger partial charge < -0.3 is 10.0 Å². The molecule has 0 bridgehead atoms. The van der Waals surface area contributed by atoms with Gasteiger partial charge in [0, 0.05) is 17.6 Å². The van der Waals surface area contributed by atoms with Gasteiger partial charge >= 0.3 is 5.97 Å². The molecule has 5 heteroatoms. The smallest absolute Gasteiger partial charge is 0.326 e. The number of carboxylic acid groups (broad SMARTS) is 1. The second-order valence-electron chi connectivity index (χ2n) is 6.08. The number of rotatable bonds is 3. The number of likely N-dealkylation sites (tertiary alicyclic amines) is 1. The molecule has 1 aromatic heterocycles. The Kier molecular flexibility index (Phi) is 4.03. The number of pyridine rings is 1. The van der Waals surface area contributed by atoms with E-state index in [0.29, 0.717) is 13.0 Å². The zero-order valence-electron chi connectivity index (χ0n) is 13.4. The summed E-state index contributed by atoms with van der Waals surface area (Å²) in [6, 6.07) is 7.18. The molecule has 2 heterocycles. The summed E-state index contributed by atoms with van der Waals surface area (Å²) in [7, 11) is 0. The van der Waals surface area contributed by atoms with Crippen molar-refractivity contribution in [1.82, 2.24) is 9.88 Å². The Morgan fingerprint density at radius 3 is 2.78 bits per heavy atom.